The predicted molar refractivity (Wildman–Crippen MR) is 102 cm³/mol. The van der Waals surface area contributed by atoms with Crippen LogP contribution in [0.2, 0.25) is 0 Å². The second kappa shape index (κ2) is 7.02. The molecule has 0 aliphatic carbocycles. The van der Waals surface area contributed by atoms with Crippen LogP contribution in [0.5, 0.6) is 5.75 Å². The first kappa shape index (κ1) is 19.2. The number of benzene rings is 2. The largest absolute Gasteiger partial charge is 0.489 e. The van der Waals surface area contributed by atoms with Gasteiger partial charge in [0.2, 0.25) is 0 Å². The lowest BCUT2D eigenvalue weighted by atomic mass is 10.0. The van der Waals surface area contributed by atoms with Crippen molar-refractivity contribution in [2.45, 2.75) is 38.1 Å². The zero-order valence-electron chi connectivity index (χ0n) is 15.4. The second-order valence-electron chi connectivity index (χ2n) is 7.23. The summed E-state index contributed by atoms with van der Waals surface area (Å²) in [4.78, 5) is 11.1. The van der Waals surface area contributed by atoms with Gasteiger partial charge >= 0.3 is 12.1 Å². The van der Waals surface area contributed by atoms with Crippen LogP contribution < -0.4 is 10.5 Å². The number of rotatable bonds is 5. The average molecular weight is 404 g/mol. The van der Waals surface area contributed by atoms with Crippen molar-refractivity contribution in [3.05, 3.63) is 59.3 Å². The van der Waals surface area contributed by atoms with E-state index >= 15 is 0 Å². The van der Waals surface area contributed by atoms with E-state index in [1.807, 2.05) is 18.2 Å². The Labute approximate surface area is 164 Å². The van der Waals surface area contributed by atoms with Gasteiger partial charge in [0.15, 0.2) is 0 Å². The summed E-state index contributed by atoms with van der Waals surface area (Å²) in [6.45, 7) is 0.743. The molecule has 152 valence electrons. The van der Waals surface area contributed by atoms with Crippen LogP contribution in [0.3, 0.4) is 0 Å². The van der Waals surface area contributed by atoms with E-state index in [4.69, 9.17) is 15.6 Å². The number of nitrogens with zero attached hydrogens (tertiary/aromatic N) is 1. The van der Waals surface area contributed by atoms with Gasteiger partial charge in [-0.25, -0.2) is 0 Å². The zero-order valence-corrected chi connectivity index (χ0v) is 15.4. The van der Waals surface area contributed by atoms with E-state index in [0.29, 0.717) is 11.3 Å². The average Bonchev–Trinajstić information content (AvgIpc) is 3.19. The molecule has 1 unspecified atom stereocenters. The summed E-state index contributed by atoms with van der Waals surface area (Å²) < 4.78 is 46.8. The number of carboxylic acids is 1. The SMILES string of the molecule is Nc1ccc(COc2ccc3c(c2)cc2n3CCC2CC(=O)O)cc1C(F)(F)F. The van der Waals surface area contributed by atoms with Crippen molar-refractivity contribution in [2.24, 2.45) is 0 Å². The van der Waals surface area contributed by atoms with E-state index in [2.05, 4.69) is 4.57 Å². The fourth-order valence-electron chi connectivity index (χ4n) is 3.90. The number of hydrogen-bond donors (Lipinski definition) is 2. The number of anilines is 1. The third-order valence-electron chi connectivity index (χ3n) is 5.27. The molecule has 0 amide bonds. The van der Waals surface area contributed by atoms with Crippen LogP contribution in [0.4, 0.5) is 18.9 Å². The van der Waals surface area contributed by atoms with E-state index in [9.17, 15) is 18.0 Å². The van der Waals surface area contributed by atoms with Crippen molar-refractivity contribution < 1.29 is 27.8 Å². The topological polar surface area (TPSA) is 77.5 Å². The molecule has 2 heterocycles. The molecule has 0 radical (unpaired) electrons. The Morgan fingerprint density at radius 1 is 1.21 bits per heavy atom. The highest BCUT2D eigenvalue weighted by Gasteiger charge is 2.33. The lowest BCUT2D eigenvalue weighted by Gasteiger charge is -2.12. The lowest BCUT2D eigenvalue weighted by molar-refractivity contribution is -0.138. The standard InChI is InChI=1S/C21H19F3N2O3/c22-21(23,24)16-7-12(1-3-17(16)25)11-29-15-2-4-18-14(8-15)9-19-13(10-20(27)28)5-6-26(18)19/h1-4,7-9,13H,5-6,10-11,25H2,(H,27,28). The van der Waals surface area contributed by atoms with Gasteiger partial charge in [-0.3, -0.25) is 4.79 Å². The fourth-order valence-corrected chi connectivity index (χ4v) is 3.90. The second-order valence-corrected chi connectivity index (χ2v) is 7.23. The Morgan fingerprint density at radius 3 is 2.72 bits per heavy atom. The molecule has 0 spiro atoms. The van der Waals surface area contributed by atoms with E-state index in [1.54, 1.807) is 6.07 Å². The summed E-state index contributed by atoms with van der Waals surface area (Å²) in [5.41, 5.74) is 6.59. The number of carbonyl (C=O) groups is 1. The maximum Gasteiger partial charge on any atom is 0.418 e. The molecule has 8 heteroatoms. The number of hydrogen-bond acceptors (Lipinski definition) is 3. The van der Waals surface area contributed by atoms with Crippen LogP contribution in [0, 0.1) is 0 Å². The molecule has 0 saturated heterocycles. The molecular formula is C21H19F3N2O3. The maximum absolute atomic E-state index is 13.0. The molecule has 3 aromatic rings. The number of aryl methyl sites for hydroxylation is 1. The number of fused-ring (bicyclic) bond motifs is 3. The molecule has 4 rings (SSSR count). The van der Waals surface area contributed by atoms with Crippen LogP contribution in [0.25, 0.3) is 10.9 Å². The monoisotopic (exact) mass is 404 g/mol. The quantitative estimate of drug-likeness (QED) is 0.600. The minimum absolute atomic E-state index is 0.0140. The lowest BCUT2D eigenvalue weighted by Crippen LogP contribution is -2.10. The van der Waals surface area contributed by atoms with Gasteiger partial charge in [0, 0.05) is 34.7 Å². The first-order chi connectivity index (χ1) is 13.7. The molecular weight excluding hydrogens is 385 g/mol. The van der Waals surface area contributed by atoms with E-state index < -0.39 is 17.7 Å². The highest BCUT2D eigenvalue weighted by atomic mass is 19.4. The van der Waals surface area contributed by atoms with Crippen molar-refractivity contribution in [1.29, 1.82) is 0 Å². The normalized spacial score (nSPS) is 16.2. The summed E-state index contributed by atoms with van der Waals surface area (Å²) in [6, 6.07) is 11.2. The highest BCUT2D eigenvalue weighted by molar-refractivity contribution is 5.83. The number of nitrogens with two attached hydrogens (primary N) is 1. The van der Waals surface area contributed by atoms with Crippen LogP contribution in [-0.2, 0) is 24.1 Å². The molecule has 1 aliphatic rings. The summed E-state index contributed by atoms with van der Waals surface area (Å²) in [6.07, 6.45) is -3.62. The van der Waals surface area contributed by atoms with Crippen LogP contribution in [-0.4, -0.2) is 15.6 Å². The number of carboxylic acid groups (broad SMARTS) is 1. The number of ether oxygens (including phenoxy) is 1. The molecule has 2 aromatic carbocycles. The minimum Gasteiger partial charge on any atom is -0.489 e. The third-order valence-corrected chi connectivity index (χ3v) is 5.27. The Morgan fingerprint density at radius 2 is 2.00 bits per heavy atom. The van der Waals surface area contributed by atoms with Gasteiger partial charge in [0.1, 0.15) is 12.4 Å². The molecule has 1 atom stereocenters. The van der Waals surface area contributed by atoms with Gasteiger partial charge in [-0.15, -0.1) is 0 Å². The summed E-state index contributed by atoms with van der Waals surface area (Å²) in [7, 11) is 0. The van der Waals surface area contributed by atoms with Crippen LogP contribution in [0.1, 0.15) is 35.6 Å². The van der Waals surface area contributed by atoms with Crippen LogP contribution in [0.15, 0.2) is 42.5 Å². The van der Waals surface area contributed by atoms with Gasteiger partial charge in [0.25, 0.3) is 0 Å². The van der Waals surface area contributed by atoms with Crippen molar-refractivity contribution in [2.75, 3.05) is 5.73 Å². The summed E-state index contributed by atoms with van der Waals surface area (Å²) in [5, 5.41) is 9.99. The number of aliphatic carboxylic acids is 1. The number of aromatic nitrogens is 1. The number of halogens is 3. The molecule has 3 N–H and O–H groups in total. The fraction of sp³-hybridized carbons (Fsp3) is 0.286. The Bertz CT molecular complexity index is 1090. The Hall–Kier alpha value is -3.16. The van der Waals surface area contributed by atoms with Gasteiger partial charge < -0.3 is 20.1 Å². The first-order valence-electron chi connectivity index (χ1n) is 9.16. The molecule has 1 aromatic heterocycles. The van der Waals surface area contributed by atoms with Gasteiger partial charge in [-0.1, -0.05) is 6.07 Å². The van der Waals surface area contributed by atoms with E-state index in [-0.39, 0.29) is 24.6 Å². The maximum atomic E-state index is 13.0. The molecule has 0 saturated carbocycles. The highest BCUT2D eigenvalue weighted by Crippen LogP contribution is 2.37. The summed E-state index contributed by atoms with van der Waals surface area (Å²) >= 11 is 0. The first-order valence-corrected chi connectivity index (χ1v) is 9.16. The molecule has 5 nitrogen and oxygen atoms in total. The Balaban J connectivity index is 1.54. The van der Waals surface area contributed by atoms with E-state index in [0.717, 1.165) is 35.6 Å². The molecule has 0 bridgehead atoms. The Kier molecular flexibility index (Phi) is 4.64. The molecule has 1 aliphatic heterocycles. The van der Waals surface area contributed by atoms with Gasteiger partial charge in [-0.2, -0.15) is 13.2 Å². The van der Waals surface area contributed by atoms with Crippen LogP contribution >= 0.6 is 0 Å². The van der Waals surface area contributed by atoms with Gasteiger partial charge in [0.05, 0.1) is 12.0 Å². The van der Waals surface area contributed by atoms with Crippen molar-refractivity contribution in [1.82, 2.24) is 4.57 Å². The predicted octanol–water partition coefficient (Wildman–Crippen LogP) is 4.78. The summed E-state index contributed by atoms with van der Waals surface area (Å²) in [5.74, 6) is -0.304. The third kappa shape index (κ3) is 3.74. The number of alkyl halides is 3. The molecule has 0 fully saturated rings. The van der Waals surface area contributed by atoms with Crippen molar-refractivity contribution in [3.8, 4) is 5.75 Å². The molecule has 29 heavy (non-hydrogen) atoms. The van der Waals surface area contributed by atoms with E-state index in [1.165, 1.54) is 12.1 Å². The van der Waals surface area contributed by atoms with Crippen molar-refractivity contribution in [3.63, 3.8) is 0 Å². The number of nitrogen functional groups attached to an aromatic ring is 1. The smallest absolute Gasteiger partial charge is 0.418 e. The van der Waals surface area contributed by atoms with Gasteiger partial charge in [-0.05, 0) is 48.4 Å². The minimum atomic E-state index is -4.52. The van der Waals surface area contributed by atoms with Crippen molar-refractivity contribution >= 4 is 22.6 Å². The zero-order chi connectivity index (χ0) is 20.8.